The van der Waals surface area contributed by atoms with Gasteiger partial charge in [-0.2, -0.15) is 23.0 Å². The minimum absolute atomic E-state index is 0.00351. The van der Waals surface area contributed by atoms with Crippen LogP contribution in [-0.4, -0.2) is 40.0 Å². The van der Waals surface area contributed by atoms with Gasteiger partial charge in [0, 0.05) is 47.0 Å². The summed E-state index contributed by atoms with van der Waals surface area (Å²) in [4.78, 5) is 8.26. The lowest BCUT2D eigenvalue weighted by atomic mass is 10.0. The zero-order chi connectivity index (χ0) is 27.1. The first-order valence-corrected chi connectivity index (χ1v) is 12.4. The first kappa shape index (κ1) is 25.1. The van der Waals surface area contributed by atoms with Gasteiger partial charge in [0.05, 0.1) is 34.2 Å². The molecule has 4 heterocycles. The van der Waals surface area contributed by atoms with Crippen LogP contribution in [0.4, 0.5) is 17.6 Å². The van der Waals surface area contributed by atoms with Crippen LogP contribution in [0.1, 0.15) is 36.6 Å². The molecule has 1 aromatic carbocycles. The van der Waals surface area contributed by atoms with Crippen molar-refractivity contribution in [2.75, 3.05) is 0 Å². The summed E-state index contributed by atoms with van der Waals surface area (Å²) in [6, 6.07) is 7.53. The van der Waals surface area contributed by atoms with E-state index in [4.69, 9.17) is 11.6 Å². The summed E-state index contributed by atoms with van der Waals surface area (Å²) in [6.45, 7) is 0. The van der Waals surface area contributed by atoms with Crippen LogP contribution in [0.3, 0.4) is 0 Å². The van der Waals surface area contributed by atoms with E-state index in [1.165, 1.54) is 41.7 Å². The fraction of sp³-hybridized carbons (Fsp3) is 0.231. The first-order valence-electron chi connectivity index (χ1n) is 12.0. The van der Waals surface area contributed by atoms with Gasteiger partial charge in [-0.25, -0.2) is 4.39 Å². The van der Waals surface area contributed by atoms with Gasteiger partial charge in [0.25, 0.3) is 0 Å². The largest absolute Gasteiger partial charge is 0.418 e. The molecule has 0 bridgehead atoms. The highest BCUT2D eigenvalue weighted by Crippen LogP contribution is 2.41. The van der Waals surface area contributed by atoms with Gasteiger partial charge in [-0.15, -0.1) is 5.10 Å². The number of pyridine rings is 2. The van der Waals surface area contributed by atoms with Gasteiger partial charge < -0.3 is 0 Å². The highest BCUT2D eigenvalue weighted by atomic mass is 35.5. The van der Waals surface area contributed by atoms with Crippen molar-refractivity contribution < 1.29 is 17.6 Å². The van der Waals surface area contributed by atoms with Crippen molar-refractivity contribution in [1.82, 2.24) is 40.0 Å². The summed E-state index contributed by atoms with van der Waals surface area (Å²) in [5.74, 6) is -0.170. The molecule has 0 radical (unpaired) electrons. The number of nitrogens with zero attached hydrogens (tertiary/aromatic N) is 8. The minimum atomic E-state index is -4.55. The van der Waals surface area contributed by atoms with E-state index in [-0.39, 0.29) is 22.2 Å². The van der Waals surface area contributed by atoms with Crippen molar-refractivity contribution in [3.05, 3.63) is 89.7 Å². The second-order valence-corrected chi connectivity index (χ2v) is 9.71. The Kier molecular flexibility index (Phi) is 6.34. The van der Waals surface area contributed by atoms with Gasteiger partial charge in [-0.1, -0.05) is 30.5 Å². The van der Waals surface area contributed by atoms with Crippen molar-refractivity contribution in [2.24, 2.45) is 5.92 Å². The Bertz CT molecular complexity index is 1610. The molecule has 1 fully saturated rings. The molecular formula is C26H19ClF4N8. The number of hydrogen-bond donors (Lipinski definition) is 0. The van der Waals surface area contributed by atoms with Crippen LogP contribution >= 0.6 is 11.6 Å². The number of aromatic nitrogens is 8. The molecule has 0 spiro atoms. The van der Waals surface area contributed by atoms with E-state index < -0.39 is 17.6 Å². The molecule has 0 N–H and O–H groups in total. The molecule has 39 heavy (non-hydrogen) atoms. The van der Waals surface area contributed by atoms with Crippen LogP contribution < -0.4 is 0 Å². The minimum Gasteiger partial charge on any atom is -0.264 e. The quantitative estimate of drug-likeness (QED) is 0.223. The Morgan fingerprint density at radius 3 is 2.56 bits per heavy atom. The van der Waals surface area contributed by atoms with Crippen molar-refractivity contribution >= 4 is 11.6 Å². The lowest BCUT2D eigenvalue weighted by molar-refractivity contribution is -0.137. The zero-order valence-corrected chi connectivity index (χ0v) is 20.9. The van der Waals surface area contributed by atoms with Crippen LogP contribution in [-0.2, 0) is 6.18 Å². The number of tetrazole rings is 1. The van der Waals surface area contributed by atoms with Crippen molar-refractivity contribution in [3.8, 4) is 27.9 Å². The maximum atomic E-state index is 15.2. The van der Waals surface area contributed by atoms with E-state index in [1.807, 2.05) is 0 Å². The Morgan fingerprint density at radius 2 is 1.87 bits per heavy atom. The molecule has 6 rings (SSSR count). The monoisotopic (exact) mass is 554 g/mol. The van der Waals surface area contributed by atoms with Gasteiger partial charge in [0.15, 0.2) is 5.82 Å². The fourth-order valence-electron chi connectivity index (χ4n) is 4.58. The number of halogens is 5. The fourth-order valence-corrected chi connectivity index (χ4v) is 4.74. The van der Waals surface area contributed by atoms with Crippen molar-refractivity contribution in [1.29, 1.82) is 0 Å². The summed E-state index contributed by atoms with van der Waals surface area (Å²) >= 11 is 6.07. The summed E-state index contributed by atoms with van der Waals surface area (Å²) in [7, 11) is 0. The van der Waals surface area contributed by atoms with E-state index >= 15 is 4.39 Å². The highest BCUT2D eigenvalue weighted by Gasteiger charge is 2.35. The van der Waals surface area contributed by atoms with Crippen LogP contribution in [0.25, 0.3) is 27.9 Å². The summed E-state index contributed by atoms with van der Waals surface area (Å²) in [6.07, 6.45) is 6.33. The topological polar surface area (TPSA) is 87.2 Å². The normalized spacial score (nSPS) is 14.5. The van der Waals surface area contributed by atoms with E-state index in [1.54, 1.807) is 29.1 Å². The molecule has 1 saturated carbocycles. The molecule has 5 aromatic rings. The number of benzene rings is 1. The van der Waals surface area contributed by atoms with E-state index in [2.05, 4.69) is 30.6 Å². The second-order valence-electron chi connectivity index (χ2n) is 9.30. The standard InChI is InChI=1S/C26H19ClF4N8/c27-20-4-6-22(39-14-34-36-37-39)24(25(20)28)16-3-5-21(33-10-16)23(9-15-1-2-15)38-13-17(11-35-38)18-7-8-32-12-19(18)26(29,30)31/h3-8,10-15,23H,1-2,9H2. The predicted molar refractivity (Wildman–Crippen MR) is 133 cm³/mol. The van der Waals surface area contributed by atoms with Crippen LogP contribution in [0.15, 0.2) is 67.6 Å². The van der Waals surface area contributed by atoms with Crippen LogP contribution in [0.2, 0.25) is 5.02 Å². The third kappa shape index (κ3) is 4.99. The van der Waals surface area contributed by atoms with E-state index in [9.17, 15) is 13.2 Å². The molecule has 198 valence electrons. The average Bonchev–Trinajstić information content (AvgIpc) is 3.36. The molecule has 4 aromatic heterocycles. The maximum absolute atomic E-state index is 15.2. The number of alkyl halides is 3. The molecule has 13 heteroatoms. The van der Waals surface area contributed by atoms with Crippen molar-refractivity contribution in [3.63, 3.8) is 0 Å². The van der Waals surface area contributed by atoms with E-state index in [0.717, 1.165) is 25.5 Å². The Hall–Kier alpha value is -4.19. The van der Waals surface area contributed by atoms with E-state index in [0.29, 0.717) is 28.4 Å². The summed E-state index contributed by atoms with van der Waals surface area (Å²) in [5, 5.41) is 15.4. The second kappa shape index (κ2) is 9.84. The lowest BCUT2D eigenvalue weighted by Gasteiger charge is -2.18. The Morgan fingerprint density at radius 1 is 1.03 bits per heavy atom. The molecule has 1 aliphatic carbocycles. The van der Waals surface area contributed by atoms with Gasteiger partial charge in [0.2, 0.25) is 0 Å². The number of hydrogen-bond acceptors (Lipinski definition) is 6. The molecule has 1 aliphatic rings. The number of rotatable bonds is 7. The third-order valence-corrected chi connectivity index (χ3v) is 6.99. The highest BCUT2D eigenvalue weighted by molar-refractivity contribution is 6.31. The smallest absolute Gasteiger partial charge is 0.264 e. The zero-order valence-electron chi connectivity index (χ0n) is 20.1. The predicted octanol–water partition coefficient (Wildman–Crippen LogP) is 6.18. The SMILES string of the molecule is Fc1c(Cl)ccc(-n2cnnn2)c1-c1ccc(C(CC2CC2)n2cc(-c3ccncc3C(F)(F)F)cn2)nc1. The first-order chi connectivity index (χ1) is 18.8. The molecule has 0 saturated heterocycles. The summed E-state index contributed by atoms with van der Waals surface area (Å²) in [5.41, 5.74) is 1.19. The lowest BCUT2D eigenvalue weighted by Crippen LogP contribution is -2.14. The average molecular weight is 555 g/mol. The molecule has 1 atom stereocenters. The molecule has 0 amide bonds. The maximum Gasteiger partial charge on any atom is 0.418 e. The van der Waals surface area contributed by atoms with Gasteiger partial charge in [-0.05, 0) is 47.0 Å². The third-order valence-electron chi connectivity index (χ3n) is 6.70. The molecular weight excluding hydrogens is 536 g/mol. The van der Waals surface area contributed by atoms with Gasteiger partial charge >= 0.3 is 6.18 Å². The molecule has 8 nitrogen and oxygen atoms in total. The van der Waals surface area contributed by atoms with Gasteiger partial charge in [0.1, 0.15) is 6.33 Å². The molecule has 1 unspecified atom stereocenters. The van der Waals surface area contributed by atoms with Crippen LogP contribution in [0.5, 0.6) is 0 Å². The summed E-state index contributed by atoms with van der Waals surface area (Å²) < 4.78 is 58.9. The van der Waals surface area contributed by atoms with Crippen LogP contribution in [0, 0.1) is 11.7 Å². The Balaban J connectivity index is 1.36. The molecule has 0 aliphatic heterocycles. The van der Waals surface area contributed by atoms with Gasteiger partial charge in [-0.3, -0.25) is 14.6 Å². The van der Waals surface area contributed by atoms with Crippen molar-refractivity contribution in [2.45, 2.75) is 31.5 Å². The Labute approximate surface area is 224 Å².